The summed E-state index contributed by atoms with van der Waals surface area (Å²) in [6.07, 6.45) is 0.321. The van der Waals surface area contributed by atoms with E-state index in [1.807, 2.05) is 62.4 Å². The number of rotatable bonds is 8. The Morgan fingerprint density at radius 3 is 2.55 bits per heavy atom. The number of nitrogens with zero attached hydrogens (tertiary/aromatic N) is 2. The Morgan fingerprint density at radius 1 is 1.07 bits per heavy atom. The van der Waals surface area contributed by atoms with E-state index in [9.17, 15) is 9.59 Å². The zero-order chi connectivity index (χ0) is 20.6. The lowest BCUT2D eigenvalue weighted by Crippen LogP contribution is -2.32. The fourth-order valence-electron chi connectivity index (χ4n) is 3.00. The van der Waals surface area contributed by atoms with Crippen molar-refractivity contribution < 1.29 is 9.53 Å². The van der Waals surface area contributed by atoms with Gasteiger partial charge in [0.2, 0.25) is 5.91 Å². The molecule has 1 N–H and O–H groups in total. The van der Waals surface area contributed by atoms with Crippen LogP contribution in [0.4, 0.5) is 0 Å². The van der Waals surface area contributed by atoms with Crippen LogP contribution in [-0.2, 0) is 17.8 Å². The fraction of sp³-hybridized carbons (Fsp3) is 0.261. The highest BCUT2D eigenvalue weighted by atomic mass is 16.5. The molecule has 0 atom stereocenters. The Bertz CT molecular complexity index is 1030. The third-order valence-electron chi connectivity index (χ3n) is 4.59. The van der Waals surface area contributed by atoms with Gasteiger partial charge in [0.25, 0.3) is 5.56 Å². The first-order valence-electron chi connectivity index (χ1n) is 9.69. The molecular formula is C23H25N3O3. The van der Waals surface area contributed by atoms with Crippen LogP contribution in [0, 0.1) is 6.92 Å². The van der Waals surface area contributed by atoms with Crippen LogP contribution in [0.2, 0.25) is 0 Å². The molecule has 0 bridgehead atoms. The zero-order valence-electron chi connectivity index (χ0n) is 16.7. The molecule has 29 heavy (non-hydrogen) atoms. The first-order chi connectivity index (χ1) is 14.1. The molecule has 3 rings (SSSR count). The first-order valence-corrected chi connectivity index (χ1v) is 9.69. The predicted octanol–water partition coefficient (Wildman–Crippen LogP) is 2.98. The number of amides is 1. The number of nitrogens with one attached hydrogen (secondary N) is 1. The molecule has 0 saturated carbocycles. The van der Waals surface area contributed by atoms with Gasteiger partial charge in [-0.25, -0.2) is 4.68 Å². The number of ether oxygens (including phenoxy) is 1. The van der Waals surface area contributed by atoms with Crippen molar-refractivity contribution in [1.29, 1.82) is 0 Å². The Morgan fingerprint density at radius 2 is 1.83 bits per heavy atom. The second-order valence-corrected chi connectivity index (χ2v) is 6.69. The van der Waals surface area contributed by atoms with Crippen molar-refractivity contribution in [1.82, 2.24) is 15.1 Å². The first kappa shape index (κ1) is 20.3. The van der Waals surface area contributed by atoms with E-state index in [1.165, 1.54) is 10.7 Å². The van der Waals surface area contributed by atoms with Crippen molar-refractivity contribution in [3.05, 3.63) is 82.1 Å². The molecule has 0 aliphatic heterocycles. The molecule has 0 fully saturated rings. The SMILES string of the molecule is CCOc1ccc(-c2ccc(=O)n(CCNC(=O)Cc3ccccc3C)n2)cc1. The maximum absolute atomic E-state index is 12.2. The van der Waals surface area contributed by atoms with Gasteiger partial charge in [0.05, 0.1) is 25.3 Å². The van der Waals surface area contributed by atoms with Gasteiger partial charge in [-0.3, -0.25) is 9.59 Å². The van der Waals surface area contributed by atoms with Gasteiger partial charge in [0, 0.05) is 18.2 Å². The topological polar surface area (TPSA) is 73.2 Å². The number of hydrogen-bond acceptors (Lipinski definition) is 4. The minimum absolute atomic E-state index is 0.0741. The van der Waals surface area contributed by atoms with Crippen LogP contribution in [0.1, 0.15) is 18.1 Å². The fourth-order valence-corrected chi connectivity index (χ4v) is 3.00. The van der Waals surface area contributed by atoms with Gasteiger partial charge in [0.15, 0.2) is 0 Å². The quantitative estimate of drug-likeness (QED) is 0.641. The van der Waals surface area contributed by atoms with Gasteiger partial charge in [-0.1, -0.05) is 24.3 Å². The molecule has 0 spiro atoms. The van der Waals surface area contributed by atoms with Crippen LogP contribution in [0.5, 0.6) is 5.75 Å². The van der Waals surface area contributed by atoms with Gasteiger partial charge >= 0.3 is 0 Å². The van der Waals surface area contributed by atoms with Crippen LogP contribution in [-0.4, -0.2) is 28.8 Å². The van der Waals surface area contributed by atoms with Gasteiger partial charge in [-0.2, -0.15) is 5.10 Å². The summed E-state index contributed by atoms with van der Waals surface area (Å²) in [6.45, 7) is 5.18. The third kappa shape index (κ3) is 5.54. The van der Waals surface area contributed by atoms with Gasteiger partial charge < -0.3 is 10.1 Å². The normalized spacial score (nSPS) is 10.6. The van der Waals surface area contributed by atoms with E-state index in [0.717, 1.165) is 22.4 Å². The van der Waals surface area contributed by atoms with Gasteiger partial charge in [-0.05, 0) is 55.3 Å². The summed E-state index contributed by atoms with van der Waals surface area (Å²) in [6, 6.07) is 18.6. The van der Waals surface area contributed by atoms with Crippen molar-refractivity contribution in [3.8, 4) is 17.0 Å². The summed E-state index contributed by atoms with van der Waals surface area (Å²) in [5.41, 5.74) is 3.47. The Balaban J connectivity index is 1.61. The molecule has 0 saturated heterocycles. The molecule has 0 aliphatic carbocycles. The smallest absolute Gasteiger partial charge is 0.266 e. The Kier molecular flexibility index (Phi) is 6.79. The summed E-state index contributed by atoms with van der Waals surface area (Å²) in [5.74, 6) is 0.718. The van der Waals surface area contributed by atoms with Gasteiger partial charge in [0.1, 0.15) is 5.75 Å². The molecule has 3 aromatic rings. The summed E-state index contributed by atoms with van der Waals surface area (Å²) in [7, 11) is 0. The Labute approximate surface area is 170 Å². The summed E-state index contributed by atoms with van der Waals surface area (Å²) < 4.78 is 6.82. The lowest BCUT2D eigenvalue weighted by Gasteiger charge is -2.10. The van der Waals surface area contributed by atoms with Crippen molar-refractivity contribution >= 4 is 5.91 Å². The minimum atomic E-state index is -0.201. The molecule has 1 amide bonds. The van der Waals surface area contributed by atoms with E-state index in [1.54, 1.807) is 6.07 Å². The molecule has 6 nitrogen and oxygen atoms in total. The van der Waals surface area contributed by atoms with Gasteiger partial charge in [-0.15, -0.1) is 0 Å². The van der Waals surface area contributed by atoms with E-state index in [2.05, 4.69) is 10.4 Å². The number of aryl methyl sites for hydroxylation is 1. The van der Waals surface area contributed by atoms with Crippen LogP contribution in [0.15, 0.2) is 65.5 Å². The average Bonchev–Trinajstić information content (AvgIpc) is 2.72. The standard InChI is InChI=1S/C23H25N3O3/c1-3-29-20-10-8-18(9-11-20)21-12-13-23(28)26(25-21)15-14-24-22(27)16-19-7-5-4-6-17(19)2/h4-13H,3,14-16H2,1-2H3,(H,24,27). The van der Waals surface area contributed by atoms with E-state index >= 15 is 0 Å². The molecule has 0 radical (unpaired) electrons. The maximum atomic E-state index is 12.2. The highest BCUT2D eigenvalue weighted by Gasteiger charge is 2.07. The van der Waals surface area contributed by atoms with E-state index in [0.29, 0.717) is 31.8 Å². The molecular weight excluding hydrogens is 366 g/mol. The van der Waals surface area contributed by atoms with Crippen LogP contribution in [0.25, 0.3) is 11.3 Å². The van der Waals surface area contributed by atoms with Crippen LogP contribution >= 0.6 is 0 Å². The average molecular weight is 391 g/mol. The number of carbonyl (C=O) groups excluding carboxylic acids is 1. The lowest BCUT2D eigenvalue weighted by molar-refractivity contribution is -0.120. The molecule has 0 aliphatic rings. The van der Waals surface area contributed by atoms with Crippen molar-refractivity contribution in [3.63, 3.8) is 0 Å². The van der Waals surface area contributed by atoms with E-state index < -0.39 is 0 Å². The number of hydrogen-bond donors (Lipinski definition) is 1. The molecule has 2 aromatic carbocycles. The van der Waals surface area contributed by atoms with E-state index in [-0.39, 0.29) is 11.5 Å². The molecule has 1 aromatic heterocycles. The second kappa shape index (κ2) is 9.68. The molecule has 0 unspecified atom stereocenters. The molecule has 1 heterocycles. The minimum Gasteiger partial charge on any atom is -0.494 e. The van der Waals surface area contributed by atoms with Crippen LogP contribution < -0.4 is 15.6 Å². The highest BCUT2D eigenvalue weighted by Crippen LogP contribution is 2.19. The number of aromatic nitrogens is 2. The van der Waals surface area contributed by atoms with E-state index in [4.69, 9.17) is 4.74 Å². The second-order valence-electron chi connectivity index (χ2n) is 6.69. The third-order valence-corrected chi connectivity index (χ3v) is 4.59. The highest BCUT2D eigenvalue weighted by molar-refractivity contribution is 5.78. The maximum Gasteiger partial charge on any atom is 0.266 e. The monoisotopic (exact) mass is 391 g/mol. The lowest BCUT2D eigenvalue weighted by atomic mass is 10.1. The molecule has 6 heteroatoms. The summed E-state index contributed by atoms with van der Waals surface area (Å²) in [5, 5.41) is 7.28. The largest absolute Gasteiger partial charge is 0.494 e. The van der Waals surface area contributed by atoms with Crippen LogP contribution in [0.3, 0.4) is 0 Å². The summed E-state index contributed by atoms with van der Waals surface area (Å²) >= 11 is 0. The number of benzene rings is 2. The Hall–Kier alpha value is -3.41. The van der Waals surface area contributed by atoms with Crippen molar-refractivity contribution in [2.24, 2.45) is 0 Å². The van der Waals surface area contributed by atoms with Crippen molar-refractivity contribution in [2.75, 3.05) is 13.2 Å². The number of carbonyl (C=O) groups is 1. The predicted molar refractivity (Wildman–Crippen MR) is 113 cm³/mol. The molecule has 150 valence electrons. The zero-order valence-corrected chi connectivity index (χ0v) is 16.7. The van der Waals surface area contributed by atoms with Crippen molar-refractivity contribution in [2.45, 2.75) is 26.8 Å². The summed E-state index contributed by atoms with van der Waals surface area (Å²) in [4.78, 5) is 24.3.